The van der Waals surface area contributed by atoms with E-state index in [0.29, 0.717) is 24.2 Å². The molecule has 0 radical (unpaired) electrons. The van der Waals surface area contributed by atoms with E-state index in [9.17, 15) is 9.59 Å². The van der Waals surface area contributed by atoms with Crippen molar-refractivity contribution in [3.8, 4) is 0 Å². The van der Waals surface area contributed by atoms with Crippen molar-refractivity contribution >= 4 is 22.6 Å². The van der Waals surface area contributed by atoms with Crippen LogP contribution in [0.1, 0.15) is 38.8 Å². The van der Waals surface area contributed by atoms with Crippen molar-refractivity contribution < 1.29 is 9.59 Å². The van der Waals surface area contributed by atoms with Gasteiger partial charge in [-0.3, -0.25) is 14.6 Å². The largest absolute Gasteiger partial charge is 0.352 e. The molecule has 30 heavy (non-hydrogen) atoms. The molecule has 1 amide bonds. The summed E-state index contributed by atoms with van der Waals surface area (Å²) in [6, 6.07) is 19.4. The summed E-state index contributed by atoms with van der Waals surface area (Å²) in [5, 5.41) is 3.93. The van der Waals surface area contributed by atoms with Crippen molar-refractivity contribution in [1.29, 1.82) is 0 Å². The average Bonchev–Trinajstić information content (AvgIpc) is 3.13. The second kappa shape index (κ2) is 8.74. The van der Waals surface area contributed by atoms with Crippen LogP contribution in [-0.2, 0) is 13.0 Å². The van der Waals surface area contributed by atoms with E-state index in [-0.39, 0.29) is 11.7 Å². The van der Waals surface area contributed by atoms with Crippen molar-refractivity contribution in [2.75, 3.05) is 6.54 Å². The number of ketones is 1. The first-order valence-electron chi connectivity index (χ1n) is 9.96. The number of pyridine rings is 1. The molecule has 2 aromatic carbocycles. The zero-order valence-electron chi connectivity index (χ0n) is 16.8. The Morgan fingerprint density at radius 1 is 1.00 bits per heavy atom. The molecule has 0 saturated heterocycles. The van der Waals surface area contributed by atoms with Crippen LogP contribution in [0.15, 0.2) is 79.3 Å². The highest BCUT2D eigenvalue weighted by molar-refractivity contribution is 6.07. The molecule has 5 heteroatoms. The van der Waals surface area contributed by atoms with E-state index in [1.54, 1.807) is 13.1 Å². The zero-order valence-corrected chi connectivity index (χ0v) is 16.8. The number of nitrogens with zero attached hydrogens (tertiary/aromatic N) is 2. The standard InChI is InChI=1S/C25H23N3O2/c1-18(29)21-8-4-6-20(14-21)16-28-17-23(22-9-2-3-10-24(22)28)25(30)27-13-11-19-7-5-12-26-15-19/h2-10,12,14-15,17H,11,13,16H2,1H3,(H,27,30). The summed E-state index contributed by atoms with van der Waals surface area (Å²) in [6.07, 6.45) is 6.18. The molecule has 4 rings (SSSR count). The molecule has 2 aromatic heterocycles. The van der Waals surface area contributed by atoms with E-state index in [1.807, 2.05) is 73.1 Å². The van der Waals surface area contributed by atoms with Crippen LogP contribution in [0.4, 0.5) is 0 Å². The first-order chi connectivity index (χ1) is 14.6. The molecular weight excluding hydrogens is 374 g/mol. The Morgan fingerprint density at radius 2 is 1.83 bits per heavy atom. The number of Topliss-reactive ketones (excluding diaryl/α,β-unsaturated/α-hetero) is 1. The molecule has 0 bridgehead atoms. The highest BCUT2D eigenvalue weighted by Gasteiger charge is 2.15. The molecule has 0 saturated carbocycles. The SMILES string of the molecule is CC(=O)c1cccc(Cn2cc(C(=O)NCCc3cccnc3)c3ccccc32)c1. The summed E-state index contributed by atoms with van der Waals surface area (Å²) in [5.74, 6) is -0.0470. The third-order valence-corrected chi connectivity index (χ3v) is 5.14. The van der Waals surface area contributed by atoms with Gasteiger partial charge in [-0.2, -0.15) is 0 Å². The minimum Gasteiger partial charge on any atom is -0.352 e. The molecule has 1 N–H and O–H groups in total. The van der Waals surface area contributed by atoms with Gasteiger partial charge in [0, 0.05) is 48.1 Å². The Labute approximate surface area is 175 Å². The molecular formula is C25H23N3O2. The first-order valence-corrected chi connectivity index (χ1v) is 9.96. The van der Waals surface area contributed by atoms with Crippen LogP contribution < -0.4 is 5.32 Å². The van der Waals surface area contributed by atoms with Gasteiger partial charge >= 0.3 is 0 Å². The summed E-state index contributed by atoms with van der Waals surface area (Å²) in [6.45, 7) is 2.70. The minimum absolute atomic E-state index is 0.0443. The number of fused-ring (bicyclic) bond motifs is 1. The fourth-order valence-corrected chi connectivity index (χ4v) is 3.61. The lowest BCUT2D eigenvalue weighted by molar-refractivity contribution is 0.0954. The number of aromatic nitrogens is 2. The molecule has 4 aromatic rings. The summed E-state index contributed by atoms with van der Waals surface area (Å²) in [7, 11) is 0. The van der Waals surface area contributed by atoms with E-state index in [4.69, 9.17) is 0 Å². The van der Waals surface area contributed by atoms with Crippen LogP contribution in [0.2, 0.25) is 0 Å². The number of rotatable bonds is 7. The van der Waals surface area contributed by atoms with Gasteiger partial charge in [0.25, 0.3) is 5.91 Å². The summed E-state index contributed by atoms with van der Waals surface area (Å²) in [5.41, 5.74) is 4.44. The number of para-hydroxylation sites is 1. The first kappa shape index (κ1) is 19.6. The third-order valence-electron chi connectivity index (χ3n) is 5.14. The smallest absolute Gasteiger partial charge is 0.253 e. The van der Waals surface area contributed by atoms with Crippen LogP contribution in [0.5, 0.6) is 0 Å². The van der Waals surface area contributed by atoms with Gasteiger partial charge in [-0.15, -0.1) is 0 Å². The van der Waals surface area contributed by atoms with Gasteiger partial charge in [-0.05, 0) is 42.7 Å². The highest BCUT2D eigenvalue weighted by Crippen LogP contribution is 2.23. The maximum Gasteiger partial charge on any atom is 0.253 e. The lowest BCUT2D eigenvalue weighted by Crippen LogP contribution is -2.25. The fourth-order valence-electron chi connectivity index (χ4n) is 3.61. The maximum atomic E-state index is 12.9. The molecule has 2 heterocycles. The van der Waals surface area contributed by atoms with E-state index >= 15 is 0 Å². The lowest BCUT2D eigenvalue weighted by Gasteiger charge is -2.07. The molecule has 150 valence electrons. The normalized spacial score (nSPS) is 10.8. The van der Waals surface area contributed by atoms with Crippen molar-refractivity contribution in [3.05, 3.63) is 102 Å². The van der Waals surface area contributed by atoms with Gasteiger partial charge in [0.05, 0.1) is 5.56 Å². The summed E-state index contributed by atoms with van der Waals surface area (Å²) < 4.78 is 2.06. The van der Waals surface area contributed by atoms with E-state index in [2.05, 4.69) is 14.9 Å². The minimum atomic E-state index is -0.0914. The second-order valence-corrected chi connectivity index (χ2v) is 7.31. The van der Waals surface area contributed by atoms with Gasteiger partial charge in [-0.1, -0.05) is 42.5 Å². The number of benzene rings is 2. The van der Waals surface area contributed by atoms with E-state index in [1.165, 1.54) is 0 Å². The molecule has 0 atom stereocenters. The van der Waals surface area contributed by atoms with Crippen molar-refractivity contribution in [2.24, 2.45) is 0 Å². The second-order valence-electron chi connectivity index (χ2n) is 7.31. The molecule has 0 fully saturated rings. The predicted octanol–water partition coefficient (Wildman–Crippen LogP) is 4.26. The Bertz CT molecular complexity index is 1200. The molecule has 0 aliphatic rings. The number of hydrogen-bond donors (Lipinski definition) is 1. The topological polar surface area (TPSA) is 64.0 Å². The number of hydrogen-bond acceptors (Lipinski definition) is 3. The summed E-state index contributed by atoms with van der Waals surface area (Å²) in [4.78, 5) is 28.7. The predicted molar refractivity (Wildman–Crippen MR) is 118 cm³/mol. The van der Waals surface area contributed by atoms with Gasteiger partial charge in [0.1, 0.15) is 0 Å². The number of carbonyl (C=O) groups is 2. The summed E-state index contributed by atoms with van der Waals surface area (Å²) >= 11 is 0. The van der Waals surface area contributed by atoms with Crippen LogP contribution in [0, 0.1) is 0 Å². The molecule has 0 aliphatic heterocycles. The third kappa shape index (κ3) is 4.30. The molecule has 0 aliphatic carbocycles. The molecule has 0 unspecified atom stereocenters. The average molecular weight is 397 g/mol. The van der Waals surface area contributed by atoms with Crippen molar-refractivity contribution in [2.45, 2.75) is 19.9 Å². The number of amides is 1. The van der Waals surface area contributed by atoms with Gasteiger partial charge in [0.15, 0.2) is 5.78 Å². The highest BCUT2D eigenvalue weighted by atomic mass is 16.1. The van der Waals surface area contributed by atoms with E-state index in [0.717, 1.165) is 28.5 Å². The van der Waals surface area contributed by atoms with Crippen LogP contribution in [-0.4, -0.2) is 27.8 Å². The Morgan fingerprint density at radius 3 is 2.63 bits per heavy atom. The number of nitrogens with one attached hydrogen (secondary N) is 1. The van der Waals surface area contributed by atoms with Crippen LogP contribution in [0.25, 0.3) is 10.9 Å². The fraction of sp³-hybridized carbons (Fsp3) is 0.160. The van der Waals surface area contributed by atoms with Gasteiger partial charge < -0.3 is 9.88 Å². The van der Waals surface area contributed by atoms with Gasteiger partial charge in [-0.25, -0.2) is 0 Å². The Hall–Kier alpha value is -3.73. The van der Waals surface area contributed by atoms with Crippen molar-refractivity contribution in [3.63, 3.8) is 0 Å². The quantitative estimate of drug-likeness (QED) is 0.474. The van der Waals surface area contributed by atoms with Crippen LogP contribution in [0.3, 0.4) is 0 Å². The maximum absolute atomic E-state index is 12.9. The zero-order chi connectivity index (χ0) is 20.9. The molecule has 0 spiro atoms. The number of carbonyl (C=O) groups excluding carboxylic acids is 2. The van der Waals surface area contributed by atoms with E-state index < -0.39 is 0 Å². The molecule has 5 nitrogen and oxygen atoms in total. The van der Waals surface area contributed by atoms with Crippen LogP contribution >= 0.6 is 0 Å². The monoisotopic (exact) mass is 397 g/mol. The Balaban J connectivity index is 1.55. The van der Waals surface area contributed by atoms with Crippen molar-refractivity contribution in [1.82, 2.24) is 14.9 Å². The Kier molecular flexibility index (Phi) is 5.70. The van der Waals surface area contributed by atoms with Gasteiger partial charge in [0.2, 0.25) is 0 Å². The lowest BCUT2D eigenvalue weighted by atomic mass is 10.1.